The average molecular weight is 542 g/mol. The minimum atomic E-state index is -3.62. The normalized spacial score (nSPS) is 14.6. The number of anilines is 1. The lowest BCUT2D eigenvalue weighted by Crippen LogP contribution is -2.38. The number of hydrogen-bond acceptors (Lipinski definition) is 8. The molecule has 0 spiro atoms. The third-order valence-corrected chi connectivity index (χ3v) is 7.28. The molecule has 0 amide bonds. The highest BCUT2D eigenvalue weighted by molar-refractivity contribution is 7.90. The second-order valence-corrected chi connectivity index (χ2v) is 11.3. The van der Waals surface area contributed by atoms with Crippen molar-refractivity contribution in [3.63, 3.8) is 0 Å². The molecule has 1 heterocycles. The molecule has 2 N–H and O–H groups in total. The molecule has 0 aliphatic carbocycles. The number of nitrogens with two attached hydrogens (primary N) is 1. The van der Waals surface area contributed by atoms with Crippen molar-refractivity contribution in [3.8, 4) is 11.6 Å². The van der Waals surface area contributed by atoms with Crippen LogP contribution >= 0.6 is 0 Å². The predicted octanol–water partition coefficient (Wildman–Crippen LogP) is 4.92. The molecule has 0 fully saturated rings. The Bertz CT molecular complexity index is 1180. The molecule has 3 unspecified atom stereocenters. The van der Waals surface area contributed by atoms with Gasteiger partial charge in [0.1, 0.15) is 18.8 Å². The fraction of sp³-hybridized carbons (Fsp3) is 0.560. The van der Waals surface area contributed by atoms with Gasteiger partial charge in [0, 0.05) is 19.2 Å². The molecule has 0 radical (unpaired) electrons. The molecule has 0 bridgehead atoms. The summed E-state index contributed by atoms with van der Waals surface area (Å²) in [5.41, 5.74) is 5.96. The van der Waals surface area contributed by atoms with Crippen LogP contribution in [0.4, 0.5) is 14.6 Å². The quantitative estimate of drug-likeness (QED) is 0.203. The molecule has 0 saturated carbocycles. The van der Waals surface area contributed by atoms with E-state index in [4.69, 9.17) is 15.3 Å². The van der Waals surface area contributed by atoms with Gasteiger partial charge in [0.2, 0.25) is 5.82 Å². The van der Waals surface area contributed by atoms with Gasteiger partial charge in [0.25, 0.3) is 5.88 Å². The summed E-state index contributed by atoms with van der Waals surface area (Å²) in [4.78, 5) is 14.8. The zero-order valence-electron chi connectivity index (χ0n) is 22.2. The minimum Gasteiger partial charge on any atom is -0.433 e. The summed E-state index contributed by atoms with van der Waals surface area (Å²) in [6.07, 6.45) is 5.54. The summed E-state index contributed by atoms with van der Waals surface area (Å²) >= 11 is 0. The van der Waals surface area contributed by atoms with Gasteiger partial charge < -0.3 is 20.2 Å². The number of ether oxygens (including phenoxy) is 1. The summed E-state index contributed by atoms with van der Waals surface area (Å²) < 4.78 is 58.6. The minimum absolute atomic E-state index is 0.0608. The Kier molecular flexibility index (Phi) is 11.0. The third-order valence-electron chi connectivity index (χ3n) is 6.17. The van der Waals surface area contributed by atoms with Crippen LogP contribution in [-0.4, -0.2) is 50.2 Å². The molecule has 37 heavy (non-hydrogen) atoms. The maximum Gasteiger partial charge on any atom is 0.261 e. The van der Waals surface area contributed by atoms with Gasteiger partial charge in [-0.05, 0) is 37.0 Å². The molecule has 12 heteroatoms. The smallest absolute Gasteiger partial charge is 0.261 e. The highest BCUT2D eigenvalue weighted by atomic mass is 32.2. The molecule has 2 aromatic rings. The topological polar surface area (TPSA) is 120 Å². The van der Waals surface area contributed by atoms with Crippen molar-refractivity contribution in [2.75, 3.05) is 24.8 Å². The molecule has 0 aliphatic rings. The van der Waals surface area contributed by atoms with Crippen LogP contribution in [0.3, 0.4) is 0 Å². The van der Waals surface area contributed by atoms with Crippen molar-refractivity contribution in [1.82, 2.24) is 9.97 Å². The SMILES string of the molecule is CCCC(C)CC(CO/N=C(\N)C(C)CC)N(C)c1ncnc(Oc2ccc(S(C)(=O)=O)cc2F)c1F. The number of rotatable bonds is 14. The Hall–Kier alpha value is -3.02. The van der Waals surface area contributed by atoms with Gasteiger partial charge >= 0.3 is 0 Å². The van der Waals surface area contributed by atoms with Gasteiger partial charge in [-0.15, -0.1) is 0 Å². The molecule has 1 aromatic carbocycles. The summed E-state index contributed by atoms with van der Waals surface area (Å²) in [6.45, 7) is 8.29. The lowest BCUT2D eigenvalue weighted by Gasteiger charge is -2.30. The first kappa shape index (κ1) is 30.2. The van der Waals surface area contributed by atoms with Gasteiger partial charge in [-0.25, -0.2) is 17.8 Å². The van der Waals surface area contributed by atoms with E-state index < -0.39 is 27.4 Å². The summed E-state index contributed by atoms with van der Waals surface area (Å²) in [6, 6.07) is 2.79. The Balaban J connectivity index is 2.30. The fourth-order valence-corrected chi connectivity index (χ4v) is 4.28. The highest BCUT2D eigenvalue weighted by Crippen LogP contribution is 2.31. The molecule has 2 rings (SSSR count). The number of sulfone groups is 1. The number of amidine groups is 1. The lowest BCUT2D eigenvalue weighted by molar-refractivity contribution is 0.119. The zero-order chi connectivity index (χ0) is 27.8. The number of likely N-dealkylation sites (N-methyl/N-ethyl adjacent to an activating group) is 1. The number of hydrogen-bond donors (Lipinski definition) is 1. The van der Waals surface area contributed by atoms with Crippen LogP contribution in [0.2, 0.25) is 0 Å². The molecule has 3 atom stereocenters. The van der Waals surface area contributed by atoms with Gasteiger partial charge in [0.05, 0.1) is 10.9 Å². The van der Waals surface area contributed by atoms with E-state index in [-0.39, 0.29) is 35.0 Å². The van der Waals surface area contributed by atoms with Crippen molar-refractivity contribution < 1.29 is 26.8 Å². The van der Waals surface area contributed by atoms with Crippen molar-refractivity contribution in [3.05, 3.63) is 36.2 Å². The van der Waals surface area contributed by atoms with Crippen molar-refractivity contribution in [2.24, 2.45) is 22.7 Å². The van der Waals surface area contributed by atoms with Crippen LogP contribution in [0.1, 0.15) is 53.4 Å². The Labute approximate surface area is 218 Å². The van der Waals surface area contributed by atoms with E-state index in [0.717, 1.165) is 44.0 Å². The van der Waals surface area contributed by atoms with Crippen molar-refractivity contribution in [1.29, 1.82) is 0 Å². The van der Waals surface area contributed by atoms with E-state index in [2.05, 4.69) is 29.0 Å². The highest BCUT2D eigenvalue weighted by Gasteiger charge is 2.26. The largest absolute Gasteiger partial charge is 0.433 e. The second-order valence-electron chi connectivity index (χ2n) is 9.30. The summed E-state index contributed by atoms with van der Waals surface area (Å²) in [7, 11) is -1.94. The van der Waals surface area contributed by atoms with Crippen molar-refractivity contribution in [2.45, 2.75) is 64.3 Å². The molecular formula is C25H37F2N5O4S. The first-order chi connectivity index (χ1) is 17.4. The van der Waals surface area contributed by atoms with Crippen molar-refractivity contribution >= 4 is 21.5 Å². The van der Waals surface area contributed by atoms with Crippen LogP contribution in [0.5, 0.6) is 11.6 Å². The van der Waals surface area contributed by atoms with E-state index in [1.165, 1.54) is 6.07 Å². The number of halogens is 2. The zero-order valence-corrected chi connectivity index (χ0v) is 23.1. The fourth-order valence-electron chi connectivity index (χ4n) is 3.64. The Morgan fingerprint density at radius 1 is 1.22 bits per heavy atom. The second kappa shape index (κ2) is 13.5. The molecule has 0 saturated heterocycles. The summed E-state index contributed by atoms with van der Waals surface area (Å²) in [5, 5.41) is 4.03. The van der Waals surface area contributed by atoms with Crippen LogP contribution in [0, 0.1) is 23.5 Å². The number of oxime groups is 1. The first-order valence-electron chi connectivity index (χ1n) is 12.2. The van der Waals surface area contributed by atoms with Crippen LogP contribution in [-0.2, 0) is 14.7 Å². The first-order valence-corrected chi connectivity index (χ1v) is 14.1. The van der Waals surface area contributed by atoms with E-state index in [0.29, 0.717) is 18.2 Å². The van der Waals surface area contributed by atoms with E-state index in [1.807, 2.05) is 13.8 Å². The Morgan fingerprint density at radius 2 is 1.92 bits per heavy atom. The number of benzene rings is 1. The van der Waals surface area contributed by atoms with Crippen LogP contribution < -0.4 is 15.4 Å². The van der Waals surface area contributed by atoms with E-state index >= 15 is 4.39 Å². The summed E-state index contributed by atoms with van der Waals surface area (Å²) in [5.74, 6) is -2.01. The maximum absolute atomic E-state index is 15.5. The number of nitrogens with zero attached hydrogens (tertiary/aromatic N) is 4. The molecule has 0 aliphatic heterocycles. The average Bonchev–Trinajstić information content (AvgIpc) is 2.84. The van der Waals surface area contributed by atoms with Crippen LogP contribution in [0.25, 0.3) is 0 Å². The molecule has 1 aromatic heterocycles. The van der Waals surface area contributed by atoms with Gasteiger partial charge in [-0.3, -0.25) is 0 Å². The van der Waals surface area contributed by atoms with Gasteiger partial charge in [-0.1, -0.05) is 45.7 Å². The standard InChI is InChI=1S/C25H37F2N5O4S/c1-7-9-16(3)12-18(14-35-31-23(28)17(4)8-2)32(5)24-22(27)25(30-15-29-24)36-21-11-10-19(13-20(21)26)37(6,33)34/h10-11,13,15-18H,7-9,12,14H2,1-6H3,(H2,28,31). The molecule has 9 nitrogen and oxygen atoms in total. The lowest BCUT2D eigenvalue weighted by atomic mass is 9.97. The monoisotopic (exact) mass is 541 g/mol. The van der Waals surface area contributed by atoms with E-state index in [9.17, 15) is 12.8 Å². The molecule has 206 valence electrons. The van der Waals surface area contributed by atoms with E-state index in [1.54, 1.807) is 11.9 Å². The van der Waals surface area contributed by atoms with Crippen LogP contribution in [0.15, 0.2) is 34.6 Å². The van der Waals surface area contributed by atoms with Gasteiger partial charge in [0.15, 0.2) is 27.2 Å². The Morgan fingerprint density at radius 3 is 2.51 bits per heavy atom. The maximum atomic E-state index is 15.5. The molecular weight excluding hydrogens is 504 g/mol. The number of aromatic nitrogens is 2. The van der Waals surface area contributed by atoms with Gasteiger partial charge in [-0.2, -0.15) is 9.37 Å². The predicted molar refractivity (Wildman–Crippen MR) is 139 cm³/mol. The third kappa shape index (κ3) is 8.51.